The fraction of sp³-hybridized carbons (Fsp3) is 0.458. The fourth-order valence-electron chi connectivity index (χ4n) is 3.59. The van der Waals surface area contributed by atoms with Crippen molar-refractivity contribution >= 4 is 17.4 Å². The van der Waals surface area contributed by atoms with Crippen molar-refractivity contribution in [2.75, 3.05) is 0 Å². The topological polar surface area (TPSA) is 92.3 Å². The number of hydrogen-bond donors (Lipinski definition) is 1. The Kier molecular flexibility index (Phi) is 8.29. The second kappa shape index (κ2) is 10.5. The molecule has 1 heterocycles. The van der Waals surface area contributed by atoms with Crippen LogP contribution in [-0.2, 0) is 6.54 Å². The molecular weight excluding hydrogens is 416 g/mol. The van der Waals surface area contributed by atoms with Gasteiger partial charge in [0, 0.05) is 11.6 Å². The second-order valence-electron chi connectivity index (χ2n) is 7.82. The summed E-state index contributed by atoms with van der Waals surface area (Å²) >= 11 is 6.19. The van der Waals surface area contributed by atoms with Gasteiger partial charge in [-0.2, -0.15) is 5.26 Å². The van der Waals surface area contributed by atoms with Crippen LogP contribution in [0.2, 0.25) is 5.02 Å². The van der Waals surface area contributed by atoms with Gasteiger partial charge >= 0.3 is 0 Å². The van der Waals surface area contributed by atoms with Crippen LogP contribution in [0.3, 0.4) is 0 Å². The molecule has 1 aromatic carbocycles. The average Bonchev–Trinajstić information content (AvgIpc) is 2.71. The number of unbranched alkanes of at least 4 members (excludes halogenated alkanes) is 3. The van der Waals surface area contributed by atoms with Crippen LogP contribution >= 0.6 is 11.6 Å². The molecule has 0 fully saturated rings. The molecule has 0 bridgehead atoms. The van der Waals surface area contributed by atoms with Gasteiger partial charge in [-0.1, -0.05) is 37.8 Å². The summed E-state index contributed by atoms with van der Waals surface area (Å²) in [5.41, 5.74) is 1.04. The van der Waals surface area contributed by atoms with E-state index >= 15 is 0 Å². The van der Waals surface area contributed by atoms with Gasteiger partial charge in [0.05, 0.1) is 5.56 Å². The minimum Gasteiger partial charge on any atom is -0.494 e. The lowest BCUT2D eigenvalue weighted by Crippen LogP contribution is -2.31. The van der Waals surface area contributed by atoms with Gasteiger partial charge in [0.2, 0.25) is 11.7 Å². The highest BCUT2D eigenvalue weighted by Crippen LogP contribution is 2.28. The molecule has 1 atom stereocenters. The third-order valence-electron chi connectivity index (χ3n) is 5.37. The molecule has 0 radical (unpaired) electrons. The number of hydrogen-bond acceptors (Lipinski definition) is 5. The number of Topliss-reactive ketones (excluding diaryl/α,β-unsaturated/α-hetero) is 1. The van der Waals surface area contributed by atoms with Crippen molar-refractivity contribution in [3.8, 4) is 17.7 Å². The van der Waals surface area contributed by atoms with Crippen molar-refractivity contribution < 1.29 is 14.6 Å². The number of ketones is 1. The zero-order chi connectivity index (χ0) is 23.3. The Morgan fingerprint density at radius 3 is 2.39 bits per heavy atom. The van der Waals surface area contributed by atoms with Crippen molar-refractivity contribution in [1.82, 2.24) is 4.57 Å². The van der Waals surface area contributed by atoms with Gasteiger partial charge in [0.15, 0.2) is 6.10 Å². The lowest BCUT2D eigenvalue weighted by molar-refractivity contribution is 0.0812. The number of aromatic nitrogens is 1. The third kappa shape index (κ3) is 5.29. The third-order valence-corrected chi connectivity index (χ3v) is 5.97. The van der Waals surface area contributed by atoms with Crippen molar-refractivity contribution in [3.63, 3.8) is 0 Å². The van der Waals surface area contributed by atoms with E-state index in [0.717, 1.165) is 35.0 Å². The van der Waals surface area contributed by atoms with Crippen LogP contribution < -0.4 is 10.3 Å². The van der Waals surface area contributed by atoms with Crippen LogP contribution in [0.25, 0.3) is 0 Å². The molecule has 2 rings (SSSR count). The van der Waals surface area contributed by atoms with E-state index in [0.29, 0.717) is 17.2 Å². The molecule has 1 aromatic heterocycles. The Balaban J connectivity index is 2.42. The van der Waals surface area contributed by atoms with Crippen molar-refractivity contribution in [2.24, 2.45) is 0 Å². The maximum atomic E-state index is 13.2. The normalized spacial score (nSPS) is 11.8. The fourth-order valence-corrected chi connectivity index (χ4v) is 3.69. The number of carbonyl (C=O) groups excluding carboxylic acids is 1. The van der Waals surface area contributed by atoms with Gasteiger partial charge < -0.3 is 9.84 Å². The predicted molar refractivity (Wildman–Crippen MR) is 121 cm³/mol. The Bertz CT molecular complexity index is 1060. The molecule has 0 saturated heterocycles. The summed E-state index contributed by atoms with van der Waals surface area (Å²) in [6.45, 7) is 9.08. The van der Waals surface area contributed by atoms with E-state index in [4.69, 9.17) is 16.3 Å². The summed E-state index contributed by atoms with van der Waals surface area (Å²) in [5, 5.41) is 20.9. The smallest absolute Gasteiger partial charge is 0.271 e. The van der Waals surface area contributed by atoms with Crippen LogP contribution in [0.15, 0.2) is 16.9 Å². The molecule has 0 aliphatic heterocycles. The van der Waals surface area contributed by atoms with Crippen LogP contribution in [0.1, 0.15) is 72.1 Å². The number of carbonyl (C=O) groups is 1. The van der Waals surface area contributed by atoms with Gasteiger partial charge in [-0.05, 0) is 62.9 Å². The van der Waals surface area contributed by atoms with Crippen molar-refractivity contribution in [2.45, 2.75) is 73.0 Å². The molecule has 7 heteroatoms. The highest BCUT2D eigenvalue weighted by Gasteiger charge is 2.28. The van der Waals surface area contributed by atoms with E-state index < -0.39 is 23.3 Å². The Morgan fingerprint density at radius 1 is 1.23 bits per heavy atom. The number of ether oxygens (including phenoxy) is 1. The maximum absolute atomic E-state index is 13.2. The number of rotatable bonds is 9. The lowest BCUT2D eigenvalue weighted by Gasteiger charge is -2.19. The average molecular weight is 445 g/mol. The number of benzene rings is 1. The molecule has 6 nitrogen and oxygen atoms in total. The zero-order valence-electron chi connectivity index (χ0n) is 18.7. The van der Waals surface area contributed by atoms with Crippen molar-refractivity contribution in [1.29, 1.82) is 5.26 Å². The van der Waals surface area contributed by atoms with Gasteiger partial charge in [-0.15, -0.1) is 0 Å². The van der Waals surface area contributed by atoms with E-state index in [1.807, 2.05) is 19.9 Å². The first-order valence-corrected chi connectivity index (χ1v) is 10.9. The summed E-state index contributed by atoms with van der Waals surface area (Å²) in [7, 11) is 0. The molecule has 0 spiro atoms. The molecule has 0 aliphatic rings. The number of pyridine rings is 1. The summed E-state index contributed by atoms with van der Waals surface area (Å²) in [6.07, 6.45) is 2.64. The van der Waals surface area contributed by atoms with E-state index in [9.17, 15) is 20.0 Å². The van der Waals surface area contributed by atoms with Crippen LogP contribution in [-0.4, -0.2) is 21.6 Å². The van der Waals surface area contributed by atoms with Crippen LogP contribution in [0.5, 0.6) is 11.6 Å². The number of nitrogens with zero attached hydrogens (tertiary/aromatic N) is 2. The predicted octanol–water partition coefficient (Wildman–Crippen LogP) is 5.23. The van der Waals surface area contributed by atoms with E-state index in [1.54, 1.807) is 19.1 Å². The van der Waals surface area contributed by atoms with E-state index in [2.05, 4.69) is 6.92 Å². The lowest BCUT2D eigenvalue weighted by atomic mass is 9.99. The molecule has 0 saturated carbocycles. The number of nitriles is 1. The Labute approximate surface area is 188 Å². The summed E-state index contributed by atoms with van der Waals surface area (Å²) < 4.78 is 6.95. The number of aromatic hydroxyl groups is 1. The largest absolute Gasteiger partial charge is 0.494 e. The highest BCUT2D eigenvalue weighted by atomic mass is 35.5. The van der Waals surface area contributed by atoms with E-state index in [-0.39, 0.29) is 23.2 Å². The van der Waals surface area contributed by atoms with Gasteiger partial charge in [-0.3, -0.25) is 14.2 Å². The second-order valence-corrected chi connectivity index (χ2v) is 8.20. The highest BCUT2D eigenvalue weighted by molar-refractivity contribution is 6.32. The quantitative estimate of drug-likeness (QED) is 0.422. The minimum absolute atomic E-state index is 0.0541. The minimum atomic E-state index is -0.942. The zero-order valence-corrected chi connectivity index (χ0v) is 19.5. The Hall–Kier alpha value is -2.78. The monoisotopic (exact) mass is 444 g/mol. The van der Waals surface area contributed by atoms with Crippen molar-refractivity contribution in [3.05, 3.63) is 55.3 Å². The molecule has 31 heavy (non-hydrogen) atoms. The first kappa shape index (κ1) is 24.5. The first-order chi connectivity index (χ1) is 14.6. The molecule has 166 valence electrons. The summed E-state index contributed by atoms with van der Waals surface area (Å²) in [4.78, 5) is 25.9. The van der Waals surface area contributed by atoms with Crippen LogP contribution in [0.4, 0.5) is 0 Å². The number of halogens is 1. The van der Waals surface area contributed by atoms with Gasteiger partial charge in [0.1, 0.15) is 17.4 Å². The number of aryl methyl sites for hydroxylation is 2. The molecular formula is C24H29ClN2O4. The van der Waals surface area contributed by atoms with Crippen LogP contribution in [0, 0.1) is 32.1 Å². The van der Waals surface area contributed by atoms with E-state index in [1.165, 1.54) is 6.92 Å². The van der Waals surface area contributed by atoms with Gasteiger partial charge in [-0.25, -0.2) is 0 Å². The maximum Gasteiger partial charge on any atom is 0.271 e. The molecule has 1 unspecified atom stereocenters. The molecule has 1 N–H and O–H groups in total. The van der Waals surface area contributed by atoms with Gasteiger partial charge in [0.25, 0.3) is 5.56 Å². The molecule has 0 amide bonds. The summed E-state index contributed by atoms with van der Waals surface area (Å²) in [5.74, 6) is -0.438. The SMILES string of the molecule is CCCCCCn1c(O)c(C(=O)C(C)Oc2cc(C)c(Cl)c(C)c2)c(C)c(C#N)c1=O. The standard InChI is InChI=1S/C24H29ClN2O4/c1-6-7-8-9-10-27-23(29)19(13-26)16(4)20(24(27)30)22(28)17(5)31-18-11-14(2)21(25)15(3)12-18/h11-12,17,30H,6-10H2,1-5H3. The molecule has 0 aliphatic carbocycles. The Morgan fingerprint density at radius 2 is 1.84 bits per heavy atom. The first-order valence-electron chi connectivity index (χ1n) is 10.5. The molecule has 2 aromatic rings. The summed E-state index contributed by atoms with van der Waals surface area (Å²) in [6, 6.07) is 5.36.